The van der Waals surface area contributed by atoms with Crippen molar-refractivity contribution in [1.29, 1.82) is 0 Å². The second-order valence-electron chi connectivity index (χ2n) is 3.86. The zero-order chi connectivity index (χ0) is 14.5. The molecule has 20 heavy (non-hydrogen) atoms. The maximum Gasteiger partial charge on any atom is 0.216 e. The molecule has 0 amide bonds. The lowest BCUT2D eigenvalue weighted by Gasteiger charge is -2.14. The van der Waals surface area contributed by atoms with Crippen LogP contribution in [0.2, 0.25) is 0 Å². The summed E-state index contributed by atoms with van der Waals surface area (Å²) in [5.74, 6) is 2.17. The number of benzene rings is 1. The van der Waals surface area contributed by atoms with E-state index in [0.29, 0.717) is 28.8 Å². The number of hydrogen-bond donors (Lipinski definition) is 0. The van der Waals surface area contributed by atoms with Gasteiger partial charge in [-0.25, -0.2) is 9.97 Å². The minimum Gasteiger partial charge on any atom is -0.493 e. The molecule has 0 saturated carbocycles. The summed E-state index contributed by atoms with van der Waals surface area (Å²) in [6, 6.07) is 5.38. The van der Waals surface area contributed by atoms with Gasteiger partial charge in [-0.1, -0.05) is 0 Å². The Labute approximate surface area is 117 Å². The topological polar surface area (TPSA) is 62.7 Å². The van der Waals surface area contributed by atoms with Crippen molar-refractivity contribution in [2.45, 2.75) is 0 Å². The molecule has 1 heterocycles. The molecule has 6 heteroatoms. The molecule has 0 aliphatic rings. The third kappa shape index (κ3) is 2.59. The monoisotopic (exact) mass is 276 g/mol. The molecule has 0 atom stereocenters. The normalized spacial score (nSPS) is 10.0. The maximum atomic E-state index is 5.32. The molecule has 0 radical (unpaired) electrons. The Morgan fingerprint density at radius 2 is 1.40 bits per heavy atom. The molecule has 0 unspecified atom stereocenters. The summed E-state index contributed by atoms with van der Waals surface area (Å²) >= 11 is 0. The Morgan fingerprint density at radius 3 is 1.90 bits per heavy atom. The predicted molar refractivity (Wildman–Crippen MR) is 73.7 cm³/mol. The highest BCUT2D eigenvalue weighted by Gasteiger charge is 2.15. The summed E-state index contributed by atoms with van der Waals surface area (Å²) in [6.07, 6.45) is 1.44. The van der Waals surface area contributed by atoms with Gasteiger partial charge < -0.3 is 18.9 Å². The molecule has 0 fully saturated rings. The minimum atomic E-state index is 0.490. The van der Waals surface area contributed by atoms with E-state index in [1.807, 2.05) is 12.1 Å². The first kappa shape index (κ1) is 13.9. The molecule has 0 bridgehead atoms. The minimum absolute atomic E-state index is 0.490. The average Bonchev–Trinajstić information content (AvgIpc) is 2.53. The lowest BCUT2D eigenvalue weighted by Crippen LogP contribution is -1.97. The zero-order valence-corrected chi connectivity index (χ0v) is 11.8. The van der Waals surface area contributed by atoms with E-state index >= 15 is 0 Å². The van der Waals surface area contributed by atoms with Crippen LogP contribution in [0.25, 0.3) is 11.3 Å². The van der Waals surface area contributed by atoms with E-state index < -0.39 is 0 Å². The third-order valence-corrected chi connectivity index (χ3v) is 2.81. The lowest BCUT2D eigenvalue weighted by molar-refractivity contribution is 0.324. The fourth-order valence-corrected chi connectivity index (χ4v) is 1.84. The van der Waals surface area contributed by atoms with Gasteiger partial charge in [-0.3, -0.25) is 0 Å². The number of hydrogen-bond acceptors (Lipinski definition) is 6. The van der Waals surface area contributed by atoms with E-state index in [9.17, 15) is 0 Å². The Hall–Kier alpha value is -2.50. The van der Waals surface area contributed by atoms with Crippen molar-refractivity contribution < 1.29 is 18.9 Å². The van der Waals surface area contributed by atoms with Crippen molar-refractivity contribution in [2.75, 3.05) is 28.4 Å². The van der Waals surface area contributed by atoms with Gasteiger partial charge >= 0.3 is 0 Å². The van der Waals surface area contributed by atoms with Crippen LogP contribution < -0.4 is 18.9 Å². The van der Waals surface area contributed by atoms with Crippen LogP contribution in [0.1, 0.15) is 0 Å². The van der Waals surface area contributed by atoms with Crippen LogP contribution in [0.15, 0.2) is 24.5 Å². The lowest BCUT2D eigenvalue weighted by atomic mass is 10.1. The van der Waals surface area contributed by atoms with Crippen LogP contribution in [0.3, 0.4) is 0 Å². The number of nitrogens with zero attached hydrogens (tertiary/aromatic N) is 2. The molecule has 6 nitrogen and oxygen atoms in total. The van der Waals surface area contributed by atoms with Gasteiger partial charge in [0.25, 0.3) is 0 Å². The van der Waals surface area contributed by atoms with E-state index in [0.717, 1.165) is 5.56 Å². The molecule has 0 aliphatic carbocycles. The van der Waals surface area contributed by atoms with Crippen LogP contribution in [0.5, 0.6) is 23.1 Å². The summed E-state index contributed by atoms with van der Waals surface area (Å²) in [5.41, 5.74) is 1.52. The van der Waals surface area contributed by atoms with Gasteiger partial charge in [-0.2, -0.15) is 0 Å². The van der Waals surface area contributed by atoms with Crippen molar-refractivity contribution in [2.24, 2.45) is 0 Å². The highest BCUT2D eigenvalue weighted by Crippen LogP contribution is 2.40. The second-order valence-corrected chi connectivity index (χ2v) is 3.86. The third-order valence-electron chi connectivity index (χ3n) is 2.81. The van der Waals surface area contributed by atoms with E-state index in [1.165, 1.54) is 6.33 Å². The van der Waals surface area contributed by atoms with Gasteiger partial charge in [0.15, 0.2) is 11.5 Å². The molecule has 1 aromatic carbocycles. The standard InChI is InChI=1S/C14H16N2O4/c1-17-11-5-9(6-12(18-2)14(11)20-4)10-7-13(19-3)16-8-15-10/h5-8H,1-4H3. The van der Waals surface area contributed by atoms with E-state index in [4.69, 9.17) is 18.9 Å². The van der Waals surface area contributed by atoms with Crippen molar-refractivity contribution in [1.82, 2.24) is 9.97 Å². The van der Waals surface area contributed by atoms with Gasteiger partial charge in [0.05, 0.1) is 34.1 Å². The first-order chi connectivity index (χ1) is 9.73. The van der Waals surface area contributed by atoms with Crippen LogP contribution in [0, 0.1) is 0 Å². The van der Waals surface area contributed by atoms with Gasteiger partial charge in [-0.15, -0.1) is 0 Å². The molecule has 0 spiro atoms. The van der Waals surface area contributed by atoms with E-state index in [2.05, 4.69) is 9.97 Å². The fourth-order valence-electron chi connectivity index (χ4n) is 1.84. The van der Waals surface area contributed by atoms with Crippen LogP contribution >= 0.6 is 0 Å². The molecule has 2 rings (SSSR count). The van der Waals surface area contributed by atoms with Crippen LogP contribution in [-0.4, -0.2) is 38.4 Å². The quantitative estimate of drug-likeness (QED) is 0.834. The van der Waals surface area contributed by atoms with Crippen molar-refractivity contribution in [3.8, 4) is 34.4 Å². The zero-order valence-electron chi connectivity index (χ0n) is 11.8. The van der Waals surface area contributed by atoms with Gasteiger partial charge in [0, 0.05) is 11.6 Å². The average molecular weight is 276 g/mol. The number of aromatic nitrogens is 2. The molecule has 0 saturated heterocycles. The molecule has 106 valence electrons. The molecule has 0 aliphatic heterocycles. The first-order valence-corrected chi connectivity index (χ1v) is 5.90. The number of rotatable bonds is 5. The largest absolute Gasteiger partial charge is 0.493 e. The van der Waals surface area contributed by atoms with Gasteiger partial charge in [-0.05, 0) is 12.1 Å². The Kier molecular flexibility index (Phi) is 4.24. The highest BCUT2D eigenvalue weighted by molar-refractivity contribution is 5.69. The molecular formula is C14H16N2O4. The molecule has 0 N–H and O–H groups in total. The molecule has 2 aromatic rings. The summed E-state index contributed by atoms with van der Waals surface area (Å²) < 4.78 is 21.0. The van der Waals surface area contributed by atoms with Crippen molar-refractivity contribution in [3.05, 3.63) is 24.5 Å². The van der Waals surface area contributed by atoms with Crippen molar-refractivity contribution >= 4 is 0 Å². The Bertz CT molecular complexity index is 576. The Morgan fingerprint density at radius 1 is 0.750 bits per heavy atom. The van der Waals surface area contributed by atoms with Crippen LogP contribution in [0.4, 0.5) is 0 Å². The summed E-state index contributed by atoms with van der Waals surface area (Å²) in [5, 5.41) is 0. The smallest absolute Gasteiger partial charge is 0.216 e. The summed E-state index contributed by atoms with van der Waals surface area (Å²) in [4.78, 5) is 8.20. The highest BCUT2D eigenvalue weighted by atomic mass is 16.5. The Balaban J connectivity index is 2.56. The van der Waals surface area contributed by atoms with Crippen molar-refractivity contribution in [3.63, 3.8) is 0 Å². The number of ether oxygens (including phenoxy) is 4. The summed E-state index contributed by atoms with van der Waals surface area (Å²) in [6.45, 7) is 0. The molecular weight excluding hydrogens is 260 g/mol. The fraction of sp³-hybridized carbons (Fsp3) is 0.286. The first-order valence-electron chi connectivity index (χ1n) is 5.90. The van der Waals surface area contributed by atoms with Crippen LogP contribution in [-0.2, 0) is 0 Å². The predicted octanol–water partition coefficient (Wildman–Crippen LogP) is 2.18. The number of methoxy groups -OCH3 is 4. The summed E-state index contributed by atoms with van der Waals surface area (Å²) in [7, 11) is 6.26. The molecule has 1 aromatic heterocycles. The van der Waals surface area contributed by atoms with Gasteiger partial charge in [0.1, 0.15) is 6.33 Å². The second kappa shape index (κ2) is 6.10. The van der Waals surface area contributed by atoms with E-state index in [-0.39, 0.29) is 0 Å². The maximum absolute atomic E-state index is 5.32. The SMILES string of the molecule is COc1cc(-c2cc(OC)c(OC)c(OC)c2)ncn1. The van der Waals surface area contributed by atoms with E-state index in [1.54, 1.807) is 34.5 Å². The van der Waals surface area contributed by atoms with Gasteiger partial charge in [0.2, 0.25) is 11.6 Å².